The summed E-state index contributed by atoms with van der Waals surface area (Å²) in [6.45, 7) is 15.8. The molecule has 0 bridgehead atoms. The molecule has 2 aromatic heterocycles. The number of pyridine rings is 1. The Bertz CT molecular complexity index is 3380. The van der Waals surface area contributed by atoms with E-state index < -0.39 is 0 Å². The van der Waals surface area contributed by atoms with Crippen molar-refractivity contribution in [2.45, 2.75) is 64.7 Å². The molecule has 4 nitrogen and oxygen atoms in total. The van der Waals surface area contributed by atoms with Crippen LogP contribution >= 0.6 is 0 Å². The minimum Gasteiger partial charge on any atom is -0.507 e. The van der Waals surface area contributed by atoms with E-state index in [9.17, 15) is 5.11 Å². The minimum atomic E-state index is -0.328. The van der Waals surface area contributed by atoms with Crippen LogP contribution in [0.15, 0.2) is 206 Å². The Labute approximate surface area is 421 Å². The Morgan fingerprint density at radius 1 is 0.449 bits per heavy atom. The fourth-order valence-electron chi connectivity index (χ4n) is 9.53. The molecule has 0 saturated carbocycles. The van der Waals surface area contributed by atoms with Crippen LogP contribution in [0.4, 0.5) is 0 Å². The molecule has 0 fully saturated rings. The molecular formula is C64H56N3OPt-. The summed E-state index contributed by atoms with van der Waals surface area (Å²) < 4.78 is 2.22. The Balaban J connectivity index is 0.00000593. The normalized spacial score (nSPS) is 11.9. The van der Waals surface area contributed by atoms with Crippen LogP contribution in [-0.4, -0.2) is 19.6 Å². The van der Waals surface area contributed by atoms with Crippen molar-refractivity contribution in [2.75, 3.05) is 0 Å². The number of imidazole rings is 1. The molecule has 1 N–H and O–H groups in total. The van der Waals surface area contributed by atoms with E-state index in [4.69, 9.17) is 9.97 Å². The van der Waals surface area contributed by atoms with Crippen molar-refractivity contribution in [2.24, 2.45) is 0 Å². The van der Waals surface area contributed by atoms with Crippen molar-refractivity contribution in [3.05, 3.63) is 240 Å². The van der Waals surface area contributed by atoms with Crippen molar-refractivity contribution in [3.8, 4) is 67.5 Å². The van der Waals surface area contributed by atoms with Gasteiger partial charge in [-0.3, -0.25) is 9.55 Å². The van der Waals surface area contributed by atoms with Gasteiger partial charge in [0.25, 0.3) is 0 Å². The maximum absolute atomic E-state index is 11.5. The van der Waals surface area contributed by atoms with Crippen molar-refractivity contribution >= 4 is 11.0 Å². The molecule has 2 heterocycles. The van der Waals surface area contributed by atoms with Crippen molar-refractivity contribution in [3.63, 3.8) is 0 Å². The molecule has 0 atom stereocenters. The molecule has 0 aliphatic rings. The Morgan fingerprint density at radius 3 is 1.65 bits per heavy atom. The number of rotatable bonds is 9. The number of fused-ring (bicyclic) bond motifs is 1. The summed E-state index contributed by atoms with van der Waals surface area (Å²) in [6.07, 6.45) is 1.91. The molecule has 0 saturated heterocycles. The molecular weight excluding hydrogens is 1020 g/mol. The monoisotopic (exact) mass is 1080 g/mol. The van der Waals surface area contributed by atoms with Gasteiger partial charge in [-0.15, -0.1) is 29.3 Å². The number of phenolic OH excluding ortho intramolecular Hbond substituents is 1. The average molecular weight is 1080 g/mol. The maximum atomic E-state index is 11.5. The van der Waals surface area contributed by atoms with Gasteiger partial charge in [0.05, 0.1) is 22.3 Å². The number of hydrogen-bond acceptors (Lipinski definition) is 3. The predicted octanol–water partition coefficient (Wildman–Crippen LogP) is 16.2. The average Bonchev–Trinajstić information content (AvgIpc) is 3.76. The number of nitrogens with zero attached hydrogens (tertiary/aromatic N) is 3. The fourth-order valence-corrected chi connectivity index (χ4v) is 9.53. The molecule has 8 aromatic carbocycles. The van der Waals surface area contributed by atoms with Crippen LogP contribution in [0.2, 0.25) is 0 Å². The van der Waals surface area contributed by atoms with Crippen LogP contribution in [0.25, 0.3) is 72.7 Å². The third-order valence-corrected chi connectivity index (χ3v) is 13.6. The summed E-state index contributed by atoms with van der Waals surface area (Å²) in [5, 5.41) is 11.5. The zero-order valence-electron chi connectivity index (χ0n) is 40.2. The number of aromatic hydroxyl groups is 1. The molecule has 10 rings (SSSR count). The molecule has 5 heteroatoms. The second kappa shape index (κ2) is 18.7. The van der Waals surface area contributed by atoms with Gasteiger partial charge in [0.15, 0.2) is 0 Å². The molecule has 69 heavy (non-hydrogen) atoms. The standard InChI is InChI=1S/C64H56N3O.Pt/c1-62(2,3)51-34-35-57(55(42-51)44-20-11-8-12-21-44)67-58-28-19-27-53(60(58)66-61(67)54-26-17-18-29-59(54)68)46-38-47(40-52(39-46)63(4,5)6)56-41-45(36-37-65-56)43-30-32-50(33-31-43)64(7,48-22-13-9-14-23-48)49-24-15-10-16-25-49;/h8-37,39-42,68H,1-7H3;/q-1;. The molecule has 0 aliphatic carbocycles. The van der Waals surface area contributed by atoms with Gasteiger partial charge >= 0.3 is 0 Å². The van der Waals surface area contributed by atoms with Gasteiger partial charge in [0, 0.05) is 43.9 Å². The van der Waals surface area contributed by atoms with Crippen molar-refractivity contribution < 1.29 is 26.2 Å². The zero-order valence-corrected chi connectivity index (χ0v) is 42.5. The molecule has 0 radical (unpaired) electrons. The van der Waals surface area contributed by atoms with E-state index in [1.54, 1.807) is 6.07 Å². The summed E-state index contributed by atoms with van der Waals surface area (Å²) >= 11 is 0. The molecule has 0 aliphatic heterocycles. The van der Waals surface area contributed by atoms with Crippen LogP contribution in [0.3, 0.4) is 0 Å². The quantitative estimate of drug-likeness (QED) is 0.116. The topological polar surface area (TPSA) is 50.9 Å². The van der Waals surface area contributed by atoms with E-state index >= 15 is 0 Å². The van der Waals surface area contributed by atoms with Gasteiger partial charge in [0.1, 0.15) is 11.6 Å². The molecule has 0 amide bonds. The molecule has 0 spiro atoms. The van der Waals surface area contributed by atoms with E-state index in [0.29, 0.717) is 11.4 Å². The largest absolute Gasteiger partial charge is 0.507 e. The first-order valence-corrected chi connectivity index (χ1v) is 23.5. The van der Waals surface area contributed by atoms with Gasteiger partial charge < -0.3 is 5.11 Å². The van der Waals surface area contributed by atoms with E-state index in [1.165, 1.54) is 27.8 Å². The second-order valence-electron chi connectivity index (χ2n) is 20.1. The number of aromatic nitrogens is 3. The smallest absolute Gasteiger partial charge is 0.148 e. The van der Waals surface area contributed by atoms with Gasteiger partial charge in [-0.05, 0) is 93.1 Å². The van der Waals surface area contributed by atoms with Crippen LogP contribution in [0.1, 0.15) is 76.3 Å². The Hall–Kier alpha value is -7.13. The first-order valence-electron chi connectivity index (χ1n) is 23.5. The predicted molar refractivity (Wildman–Crippen MR) is 282 cm³/mol. The summed E-state index contributed by atoms with van der Waals surface area (Å²) in [7, 11) is 0. The van der Waals surface area contributed by atoms with Crippen LogP contribution < -0.4 is 0 Å². The maximum Gasteiger partial charge on any atom is 0.148 e. The van der Waals surface area contributed by atoms with Gasteiger partial charge in [-0.25, -0.2) is 4.98 Å². The first-order chi connectivity index (χ1) is 32.8. The van der Waals surface area contributed by atoms with E-state index in [0.717, 1.165) is 61.4 Å². The summed E-state index contributed by atoms with van der Waals surface area (Å²) in [4.78, 5) is 10.5. The number of benzene rings is 8. The molecule has 0 unspecified atom stereocenters. The Morgan fingerprint density at radius 2 is 1.01 bits per heavy atom. The summed E-state index contributed by atoms with van der Waals surface area (Å²) in [5.41, 5.74) is 17.0. The number of phenols is 1. The van der Waals surface area contributed by atoms with Gasteiger partial charge in [0.2, 0.25) is 0 Å². The second-order valence-corrected chi connectivity index (χ2v) is 20.1. The Kier molecular flexibility index (Phi) is 12.8. The van der Waals surface area contributed by atoms with Gasteiger partial charge in [-0.1, -0.05) is 204 Å². The third-order valence-electron chi connectivity index (χ3n) is 13.6. The fraction of sp³-hybridized carbons (Fsp3) is 0.156. The minimum absolute atomic E-state index is 0. The molecule has 344 valence electrons. The summed E-state index contributed by atoms with van der Waals surface area (Å²) in [5.74, 6) is 0.829. The van der Waals surface area contributed by atoms with Crippen LogP contribution in [0, 0.1) is 6.07 Å². The van der Waals surface area contributed by atoms with Crippen LogP contribution in [0.5, 0.6) is 5.75 Å². The number of hydrogen-bond donors (Lipinski definition) is 1. The zero-order chi connectivity index (χ0) is 47.2. The van der Waals surface area contributed by atoms with Gasteiger partial charge in [-0.2, -0.15) is 0 Å². The third kappa shape index (κ3) is 9.03. The molecule has 10 aromatic rings. The number of para-hydroxylation sites is 2. The SMILES string of the molecule is CC(C)(C)c1cc(-c2cc(-c3ccc(C(C)(c4ccccc4)c4ccccc4)cc3)ccn2)[c-]c(-c2cccc3c2nc(-c2ccccc2O)n3-c2ccc(C(C)(C)C)cc2-c2ccccc2)c1.[Pt]. The van der Waals surface area contributed by atoms with Crippen molar-refractivity contribution in [1.82, 2.24) is 14.5 Å². The van der Waals surface area contributed by atoms with E-state index in [-0.39, 0.29) is 43.1 Å². The summed E-state index contributed by atoms with van der Waals surface area (Å²) in [6, 6.07) is 74.3. The first kappa shape index (κ1) is 47.0. The van der Waals surface area contributed by atoms with E-state index in [2.05, 4.69) is 235 Å². The van der Waals surface area contributed by atoms with Crippen LogP contribution in [-0.2, 0) is 37.3 Å². The van der Waals surface area contributed by atoms with E-state index in [1.807, 2.05) is 24.4 Å². The van der Waals surface area contributed by atoms with Crippen molar-refractivity contribution in [1.29, 1.82) is 0 Å².